The average Bonchev–Trinajstić information content (AvgIpc) is 4.23. The summed E-state index contributed by atoms with van der Waals surface area (Å²) in [5.74, 6) is 0.801. The van der Waals surface area contributed by atoms with Crippen LogP contribution in [0, 0.1) is 0 Å². The lowest BCUT2D eigenvalue weighted by atomic mass is 10.1. The van der Waals surface area contributed by atoms with E-state index in [0.717, 1.165) is 9.13 Å². The fourth-order valence-corrected chi connectivity index (χ4v) is 9.23. The van der Waals surface area contributed by atoms with Gasteiger partial charge in [-0.2, -0.15) is 9.97 Å². The van der Waals surface area contributed by atoms with Crippen molar-refractivity contribution in [3.8, 4) is 0 Å². The van der Waals surface area contributed by atoms with E-state index in [0.29, 0.717) is 59.9 Å². The number of nitrogens with two attached hydrogens (primary N) is 2. The largest absolute Gasteiger partial charge is 0.387 e. The van der Waals surface area contributed by atoms with Gasteiger partial charge in [0.15, 0.2) is 58.9 Å². The lowest BCUT2D eigenvalue weighted by Crippen LogP contribution is -2.37. The quantitative estimate of drug-likeness (QED) is 0.0337. The fraction of sp³-hybridized carbons (Fsp3) is 0.571. The third-order valence-electron chi connectivity index (χ3n) is 13.2. The van der Waals surface area contributed by atoms with E-state index in [2.05, 4.69) is 50.5 Å². The summed E-state index contributed by atoms with van der Waals surface area (Å²) in [5, 5.41) is 92.6. The van der Waals surface area contributed by atoms with E-state index in [-0.39, 0.29) is 38.1 Å². The number of anilines is 4. The highest BCUT2D eigenvalue weighted by Crippen LogP contribution is 2.36. The Balaban J connectivity index is 0.675. The van der Waals surface area contributed by atoms with Gasteiger partial charge in [0.25, 0.3) is 0 Å². The van der Waals surface area contributed by atoms with Gasteiger partial charge in [0.2, 0.25) is 0 Å². The number of aromatic nitrogens is 12. The maximum Gasteiger partial charge on any atom is 0.351 e. The number of nitrogens with zero attached hydrogens (tertiary/aromatic N) is 12. The van der Waals surface area contributed by atoms with Crippen molar-refractivity contribution >= 4 is 45.6 Å². The number of fused-ring (bicyclic) bond motifs is 2. The summed E-state index contributed by atoms with van der Waals surface area (Å²) in [6.07, 6.45) is -10.9. The van der Waals surface area contributed by atoms with Crippen LogP contribution >= 0.6 is 0 Å². The lowest BCUT2D eigenvalue weighted by Gasteiger charge is -2.18. The van der Waals surface area contributed by atoms with Crippen LogP contribution in [0.4, 0.5) is 23.3 Å². The molecule has 0 aliphatic carbocycles. The number of hydrogen-bond acceptors (Lipinski definition) is 28. The van der Waals surface area contributed by atoms with E-state index in [1.807, 2.05) is 0 Å². The zero-order chi connectivity index (χ0) is 51.9. The zero-order valence-electron chi connectivity index (χ0n) is 38.9. The van der Waals surface area contributed by atoms with Crippen molar-refractivity contribution in [2.45, 2.75) is 111 Å². The second kappa shape index (κ2) is 21.4. The summed E-state index contributed by atoms with van der Waals surface area (Å²) in [5.41, 5.74) is 10.9. The van der Waals surface area contributed by atoms with Crippen LogP contribution in [0.25, 0.3) is 22.3 Å². The van der Waals surface area contributed by atoms with Crippen LogP contribution in [-0.2, 0) is 28.4 Å². The van der Waals surface area contributed by atoms with Crippen molar-refractivity contribution in [3.05, 3.63) is 70.8 Å². The molecule has 4 aliphatic rings. The lowest BCUT2D eigenvalue weighted by molar-refractivity contribution is -0.0991. The van der Waals surface area contributed by atoms with Crippen LogP contribution in [0.2, 0.25) is 0 Å². The molecule has 74 heavy (non-hydrogen) atoms. The average molecular weight is 1040 g/mol. The number of nitrogens with one attached hydrogen (secondary N) is 2. The van der Waals surface area contributed by atoms with Gasteiger partial charge >= 0.3 is 11.4 Å². The molecule has 4 fully saturated rings. The Morgan fingerprint density at radius 2 is 0.824 bits per heavy atom. The van der Waals surface area contributed by atoms with Crippen molar-refractivity contribution < 1.29 is 69.3 Å². The number of aliphatic hydroxyl groups excluding tert-OH is 8. The summed E-state index contributed by atoms with van der Waals surface area (Å²) in [7, 11) is 0. The normalized spacial score (nSPS) is 32.1. The molecule has 14 N–H and O–H groups in total. The van der Waals surface area contributed by atoms with Crippen LogP contribution in [-0.4, -0.2) is 212 Å². The molecule has 16 atom stereocenters. The van der Waals surface area contributed by atoms with Gasteiger partial charge in [-0.05, 0) is 25.0 Å². The third kappa shape index (κ3) is 9.83. The first kappa shape index (κ1) is 51.0. The Kier molecular flexibility index (Phi) is 14.7. The fourth-order valence-electron chi connectivity index (χ4n) is 9.23. The summed E-state index contributed by atoms with van der Waals surface area (Å²) in [6, 6.07) is 2.69. The molecule has 0 bridgehead atoms. The highest BCUT2D eigenvalue weighted by atomic mass is 16.6. The summed E-state index contributed by atoms with van der Waals surface area (Å²) >= 11 is 0. The Labute approximate surface area is 415 Å². The van der Waals surface area contributed by atoms with Gasteiger partial charge in [-0.15, -0.1) is 0 Å². The van der Waals surface area contributed by atoms with E-state index >= 15 is 0 Å². The monoisotopic (exact) mass is 1040 g/mol. The van der Waals surface area contributed by atoms with Gasteiger partial charge in [0.1, 0.15) is 97.5 Å². The molecular weight excluding hydrogens is 985 g/mol. The van der Waals surface area contributed by atoms with Gasteiger partial charge < -0.3 is 91.4 Å². The van der Waals surface area contributed by atoms with E-state index in [9.17, 15) is 50.4 Å². The van der Waals surface area contributed by atoms with Crippen molar-refractivity contribution in [2.24, 2.45) is 0 Å². The number of ether oxygens (including phenoxy) is 6. The van der Waals surface area contributed by atoms with E-state index in [4.69, 9.17) is 39.9 Å². The number of imidazole rings is 2. The molecule has 4 saturated heterocycles. The van der Waals surface area contributed by atoms with E-state index in [1.165, 1.54) is 59.0 Å². The topological polar surface area (TPSA) is 450 Å². The van der Waals surface area contributed by atoms with Gasteiger partial charge in [-0.1, -0.05) is 0 Å². The molecule has 10 heterocycles. The molecule has 0 amide bonds. The van der Waals surface area contributed by atoms with Gasteiger partial charge in [-0.3, -0.25) is 18.3 Å². The predicted molar refractivity (Wildman–Crippen MR) is 248 cm³/mol. The molecule has 0 saturated carbocycles. The van der Waals surface area contributed by atoms with E-state index in [1.54, 1.807) is 0 Å². The molecule has 32 nitrogen and oxygen atoms in total. The SMILES string of the molecule is Nc1ccn([C@@H]2O[C@H](COC[C@H]3O[C@@H](n4cnc5c(NCCCCNc6ncnc7c6ncn7[C@@H]6O[C@H](COC[C@H]7O[C@@H](n8ccc(N)nc8=O)[C@H](O)[C@@H]7O)[C@@H](O)[C@H]6O)ncnc54)[C@H](O)[C@@H]3O)[C@@H](O)[C@H]2O)c(=O)n1. The van der Waals surface area contributed by atoms with Gasteiger partial charge in [-0.25, -0.2) is 39.5 Å². The van der Waals surface area contributed by atoms with Gasteiger partial charge in [0.05, 0.1) is 39.1 Å². The van der Waals surface area contributed by atoms with Crippen LogP contribution in [0.1, 0.15) is 37.8 Å². The number of rotatable bonds is 19. The second-order valence-corrected chi connectivity index (χ2v) is 18.0. The van der Waals surface area contributed by atoms with Crippen molar-refractivity contribution in [1.82, 2.24) is 58.1 Å². The van der Waals surface area contributed by atoms with E-state index < -0.39 is 110 Å². The van der Waals surface area contributed by atoms with Crippen LogP contribution in [0.3, 0.4) is 0 Å². The minimum absolute atomic E-state index is 0.0188. The van der Waals surface area contributed by atoms with Crippen molar-refractivity contribution in [3.63, 3.8) is 0 Å². The molecule has 0 radical (unpaired) electrons. The maximum absolute atomic E-state index is 12.3. The number of nitrogen functional groups attached to an aromatic ring is 2. The molecule has 6 aromatic heterocycles. The van der Waals surface area contributed by atoms with Crippen molar-refractivity contribution in [2.75, 3.05) is 61.6 Å². The Bertz CT molecular complexity index is 2840. The molecule has 4 aliphatic heterocycles. The highest BCUT2D eigenvalue weighted by Gasteiger charge is 2.49. The molecule has 10 rings (SSSR count). The first-order valence-electron chi connectivity index (χ1n) is 23.4. The van der Waals surface area contributed by atoms with Crippen molar-refractivity contribution in [1.29, 1.82) is 0 Å². The van der Waals surface area contributed by atoms with Crippen LogP contribution < -0.4 is 33.5 Å². The first-order valence-corrected chi connectivity index (χ1v) is 23.4. The van der Waals surface area contributed by atoms with Crippen LogP contribution in [0.15, 0.2) is 59.4 Å². The summed E-state index contributed by atoms with van der Waals surface area (Å²) < 4.78 is 39.8. The summed E-state index contributed by atoms with van der Waals surface area (Å²) in [4.78, 5) is 58.1. The number of unbranched alkanes of at least 4 members (excludes halogenated alkanes) is 1. The molecule has 0 unspecified atom stereocenters. The zero-order valence-corrected chi connectivity index (χ0v) is 38.9. The molecule has 6 aromatic rings. The molecule has 398 valence electrons. The predicted octanol–water partition coefficient (Wildman–Crippen LogP) is -5.54. The maximum atomic E-state index is 12.3. The Hall–Kier alpha value is -6.50. The third-order valence-corrected chi connectivity index (χ3v) is 13.2. The Morgan fingerprint density at radius 1 is 0.486 bits per heavy atom. The smallest absolute Gasteiger partial charge is 0.351 e. The standard InChI is InChI=1S/C42H54N16O16/c43-21-3-7-55(41(67)53-21)37-29(63)25(59)17(71-37)9-69-11-19-27(61)31(65)39(73-19)57-15-51-23-33(47-13-49-35(23)57)45-5-1-2-6-46-34-24-36(50-14-48-34)58(16-52-24)40-32(66)28(62)20(74-40)12-70-10-18-26(60)30(64)38(72-18)56-8-4-22(44)54-42(56)68/h3-4,7-8,13-20,25-32,37-40,59-66H,1-2,5-6,9-12H2,(H2,43,53,67)(H2,44,54,68)(H,45,47,49)(H,46,48,50)/t17-,18-,19-,20-,25-,26-,27-,28-,29-,30-,31-,32-,37-,38-,39-,40-/m1/s1. The first-order chi connectivity index (χ1) is 35.7. The second-order valence-electron chi connectivity index (χ2n) is 18.0. The molecule has 32 heteroatoms. The number of hydrogen-bond donors (Lipinski definition) is 12. The highest BCUT2D eigenvalue weighted by molar-refractivity contribution is 5.83. The Morgan fingerprint density at radius 3 is 1.16 bits per heavy atom. The number of aliphatic hydroxyl groups is 8. The molecular formula is C42H54N16O16. The van der Waals surface area contributed by atoms with Crippen LogP contribution in [0.5, 0.6) is 0 Å². The molecule has 0 spiro atoms. The minimum atomic E-state index is -1.48. The molecule has 0 aromatic carbocycles. The minimum Gasteiger partial charge on any atom is -0.387 e. The van der Waals surface area contributed by atoms with Gasteiger partial charge in [0, 0.05) is 25.5 Å². The summed E-state index contributed by atoms with van der Waals surface area (Å²) in [6.45, 7) is -0.0199.